The number of amides is 1. The molecule has 0 spiro atoms. The van der Waals surface area contributed by atoms with Gasteiger partial charge in [-0.1, -0.05) is 44.2 Å². The molecule has 2 aromatic carbocycles. The predicted octanol–water partition coefficient (Wildman–Crippen LogP) is 4.65. The molecule has 3 rings (SSSR count). The van der Waals surface area contributed by atoms with E-state index in [0.717, 1.165) is 17.7 Å². The third-order valence-corrected chi connectivity index (χ3v) is 4.79. The molecule has 1 aliphatic rings. The van der Waals surface area contributed by atoms with Crippen LogP contribution in [0.3, 0.4) is 0 Å². The van der Waals surface area contributed by atoms with Crippen molar-refractivity contribution >= 4 is 11.6 Å². The number of carbonyl (C=O) groups excluding carboxylic acids is 1. The maximum atomic E-state index is 13.4. The lowest BCUT2D eigenvalue weighted by molar-refractivity contribution is -0.118. The van der Waals surface area contributed by atoms with Gasteiger partial charge in [-0.2, -0.15) is 0 Å². The number of nitrogens with one attached hydrogen (secondary N) is 1. The highest BCUT2D eigenvalue weighted by Gasteiger charge is 2.62. The molecule has 0 saturated heterocycles. The molecule has 1 fully saturated rings. The van der Waals surface area contributed by atoms with Gasteiger partial charge in [0.2, 0.25) is 5.91 Å². The van der Waals surface area contributed by atoms with E-state index in [-0.39, 0.29) is 23.2 Å². The van der Waals surface area contributed by atoms with Crippen LogP contribution >= 0.6 is 0 Å². The van der Waals surface area contributed by atoms with Crippen molar-refractivity contribution in [1.29, 1.82) is 0 Å². The SMILES string of the molecule is Cc1cc(F)c(F)cc1NC(=O)[C@@H]1[C@@H](c2ccccc2)C1(C)C. The lowest BCUT2D eigenvalue weighted by atomic mass is 10.0. The monoisotopic (exact) mass is 315 g/mol. The molecule has 1 aliphatic carbocycles. The normalized spacial score (nSPS) is 21.8. The molecule has 0 aromatic heterocycles. The minimum atomic E-state index is -0.958. The average molecular weight is 315 g/mol. The number of aryl methyl sites for hydroxylation is 1. The van der Waals surface area contributed by atoms with E-state index < -0.39 is 11.6 Å². The molecular formula is C19H19F2NO. The van der Waals surface area contributed by atoms with Crippen LogP contribution in [0.25, 0.3) is 0 Å². The minimum Gasteiger partial charge on any atom is -0.325 e. The first-order valence-electron chi connectivity index (χ1n) is 7.64. The van der Waals surface area contributed by atoms with Gasteiger partial charge in [0.25, 0.3) is 0 Å². The molecule has 0 heterocycles. The van der Waals surface area contributed by atoms with Crippen molar-refractivity contribution in [2.24, 2.45) is 11.3 Å². The fraction of sp³-hybridized carbons (Fsp3) is 0.316. The first kappa shape index (κ1) is 15.7. The van der Waals surface area contributed by atoms with Crippen LogP contribution in [-0.2, 0) is 4.79 Å². The zero-order chi connectivity index (χ0) is 16.8. The number of halogens is 2. The second kappa shape index (κ2) is 5.44. The molecule has 0 aliphatic heterocycles. The van der Waals surface area contributed by atoms with Gasteiger partial charge in [0.05, 0.1) is 5.92 Å². The van der Waals surface area contributed by atoms with Gasteiger partial charge in [-0.15, -0.1) is 0 Å². The Balaban J connectivity index is 1.81. The lowest BCUT2D eigenvalue weighted by Gasteiger charge is -2.09. The quantitative estimate of drug-likeness (QED) is 0.877. The summed E-state index contributed by atoms with van der Waals surface area (Å²) >= 11 is 0. The molecule has 1 saturated carbocycles. The van der Waals surface area contributed by atoms with Crippen molar-refractivity contribution in [2.75, 3.05) is 5.32 Å². The fourth-order valence-electron chi connectivity index (χ4n) is 3.40. The second-order valence-electron chi connectivity index (χ2n) is 6.76. The molecule has 4 heteroatoms. The van der Waals surface area contributed by atoms with Gasteiger partial charge < -0.3 is 5.32 Å². The Bertz CT molecular complexity index is 755. The van der Waals surface area contributed by atoms with E-state index in [2.05, 4.69) is 5.32 Å². The largest absolute Gasteiger partial charge is 0.325 e. The van der Waals surface area contributed by atoms with E-state index >= 15 is 0 Å². The molecule has 1 amide bonds. The van der Waals surface area contributed by atoms with E-state index in [1.165, 1.54) is 0 Å². The van der Waals surface area contributed by atoms with Crippen LogP contribution in [0.1, 0.15) is 30.9 Å². The van der Waals surface area contributed by atoms with E-state index in [1.54, 1.807) is 6.92 Å². The molecule has 2 nitrogen and oxygen atoms in total. The zero-order valence-electron chi connectivity index (χ0n) is 13.4. The van der Waals surface area contributed by atoms with Crippen molar-refractivity contribution in [2.45, 2.75) is 26.7 Å². The summed E-state index contributed by atoms with van der Waals surface area (Å²) < 4.78 is 26.6. The van der Waals surface area contributed by atoms with Gasteiger partial charge in [-0.05, 0) is 29.5 Å². The van der Waals surface area contributed by atoms with Crippen molar-refractivity contribution in [3.63, 3.8) is 0 Å². The zero-order valence-corrected chi connectivity index (χ0v) is 13.4. The highest BCUT2D eigenvalue weighted by atomic mass is 19.2. The smallest absolute Gasteiger partial charge is 0.228 e. The Morgan fingerprint density at radius 2 is 1.70 bits per heavy atom. The highest BCUT2D eigenvalue weighted by molar-refractivity contribution is 5.97. The number of rotatable bonds is 3. The Hall–Kier alpha value is -2.23. The maximum Gasteiger partial charge on any atom is 0.228 e. The Morgan fingerprint density at radius 3 is 2.35 bits per heavy atom. The Kier molecular flexibility index (Phi) is 3.71. The number of benzene rings is 2. The van der Waals surface area contributed by atoms with Crippen LogP contribution in [0.5, 0.6) is 0 Å². The molecule has 2 aromatic rings. The summed E-state index contributed by atoms with van der Waals surface area (Å²) in [5, 5.41) is 2.75. The summed E-state index contributed by atoms with van der Waals surface area (Å²) in [7, 11) is 0. The van der Waals surface area contributed by atoms with Crippen LogP contribution in [0.15, 0.2) is 42.5 Å². The first-order valence-corrected chi connectivity index (χ1v) is 7.64. The Labute approximate surface area is 134 Å². The number of carbonyl (C=O) groups is 1. The molecule has 1 N–H and O–H groups in total. The summed E-state index contributed by atoms with van der Waals surface area (Å²) in [4.78, 5) is 12.6. The van der Waals surface area contributed by atoms with Crippen molar-refractivity contribution in [1.82, 2.24) is 0 Å². The van der Waals surface area contributed by atoms with E-state index in [4.69, 9.17) is 0 Å². The summed E-state index contributed by atoms with van der Waals surface area (Å²) in [5.74, 6) is -2.07. The van der Waals surface area contributed by atoms with Crippen LogP contribution in [0.4, 0.5) is 14.5 Å². The molecule has 120 valence electrons. The summed E-state index contributed by atoms with van der Waals surface area (Å²) in [6, 6.07) is 12.0. The average Bonchev–Trinajstić information content (AvgIpc) is 3.08. The fourth-order valence-corrected chi connectivity index (χ4v) is 3.40. The predicted molar refractivity (Wildman–Crippen MR) is 86.2 cm³/mol. The van der Waals surface area contributed by atoms with Crippen LogP contribution in [0.2, 0.25) is 0 Å². The van der Waals surface area contributed by atoms with Crippen LogP contribution < -0.4 is 5.32 Å². The van der Waals surface area contributed by atoms with Gasteiger partial charge in [-0.3, -0.25) is 4.79 Å². The van der Waals surface area contributed by atoms with Gasteiger partial charge in [0.15, 0.2) is 11.6 Å². The number of anilines is 1. The first-order chi connectivity index (χ1) is 10.8. The lowest BCUT2D eigenvalue weighted by Crippen LogP contribution is -2.17. The summed E-state index contributed by atoms with van der Waals surface area (Å²) in [6.45, 7) is 5.74. The van der Waals surface area contributed by atoms with E-state index in [9.17, 15) is 13.6 Å². The maximum absolute atomic E-state index is 13.4. The highest BCUT2D eigenvalue weighted by Crippen LogP contribution is 2.64. The van der Waals surface area contributed by atoms with Crippen molar-refractivity contribution in [3.05, 3.63) is 65.2 Å². The molecular weight excluding hydrogens is 296 g/mol. The molecule has 23 heavy (non-hydrogen) atoms. The van der Waals surface area contributed by atoms with Gasteiger partial charge in [0, 0.05) is 17.7 Å². The molecule has 2 atom stereocenters. The summed E-state index contributed by atoms with van der Waals surface area (Å²) in [5.41, 5.74) is 1.80. The molecule has 0 bridgehead atoms. The second-order valence-corrected chi connectivity index (χ2v) is 6.76. The number of hydrogen-bond acceptors (Lipinski definition) is 1. The molecule has 0 radical (unpaired) electrons. The third-order valence-electron chi connectivity index (χ3n) is 4.79. The van der Waals surface area contributed by atoms with Crippen LogP contribution in [0, 0.1) is 29.9 Å². The van der Waals surface area contributed by atoms with Gasteiger partial charge in [-0.25, -0.2) is 8.78 Å². The topological polar surface area (TPSA) is 29.1 Å². The van der Waals surface area contributed by atoms with E-state index in [0.29, 0.717) is 11.3 Å². The van der Waals surface area contributed by atoms with Gasteiger partial charge in [0.1, 0.15) is 0 Å². The molecule has 0 unspecified atom stereocenters. The third kappa shape index (κ3) is 2.74. The van der Waals surface area contributed by atoms with Crippen molar-refractivity contribution < 1.29 is 13.6 Å². The summed E-state index contributed by atoms with van der Waals surface area (Å²) in [6.07, 6.45) is 0. The number of hydrogen-bond donors (Lipinski definition) is 1. The minimum absolute atomic E-state index is 0.134. The van der Waals surface area contributed by atoms with Crippen molar-refractivity contribution in [3.8, 4) is 0 Å². The Morgan fingerprint density at radius 1 is 1.09 bits per heavy atom. The van der Waals surface area contributed by atoms with Gasteiger partial charge >= 0.3 is 0 Å². The van der Waals surface area contributed by atoms with Crippen LogP contribution in [-0.4, -0.2) is 5.91 Å². The van der Waals surface area contributed by atoms with E-state index in [1.807, 2.05) is 44.2 Å². The standard InChI is InChI=1S/C19H19F2NO/c1-11-9-13(20)14(21)10-15(11)22-18(23)17-16(19(17,2)3)12-7-5-4-6-8-12/h4-10,16-17H,1-3H3,(H,22,23)/t16-,17+/m1/s1.